The van der Waals surface area contributed by atoms with E-state index in [2.05, 4.69) is 4.74 Å². The largest absolute Gasteiger partial charge is 0.465 e. The fourth-order valence-corrected chi connectivity index (χ4v) is 0.807. The first-order valence-electron chi connectivity index (χ1n) is 4.39. The highest BCUT2D eigenvalue weighted by Crippen LogP contribution is 2.03. The lowest BCUT2D eigenvalue weighted by molar-refractivity contribution is 0.0601. The van der Waals surface area contributed by atoms with Crippen LogP contribution in [0.5, 0.6) is 0 Å². The molecule has 0 radical (unpaired) electrons. The average Bonchev–Trinajstić information content (AvgIpc) is 2.21. The zero-order chi connectivity index (χ0) is 10.3. The van der Waals surface area contributed by atoms with Gasteiger partial charge in [-0.3, -0.25) is 0 Å². The molecule has 0 aliphatic heterocycles. The molecule has 1 rings (SSSR count). The third-order valence-electron chi connectivity index (χ3n) is 1.47. The average molecular weight is 180 g/mol. The molecule has 0 spiro atoms. The Morgan fingerprint density at radius 1 is 1.15 bits per heavy atom. The summed E-state index contributed by atoms with van der Waals surface area (Å²) in [6.07, 6.45) is 0. The zero-order valence-corrected chi connectivity index (χ0v) is 8.63. The summed E-state index contributed by atoms with van der Waals surface area (Å²) in [5.74, 6) is -0.287. The number of aryl methyl sites for hydroxylation is 1. The van der Waals surface area contributed by atoms with Gasteiger partial charge in [0.2, 0.25) is 0 Å². The maximum Gasteiger partial charge on any atom is 0.337 e. The van der Waals surface area contributed by atoms with Crippen LogP contribution in [-0.2, 0) is 4.74 Å². The lowest BCUT2D eigenvalue weighted by Gasteiger charge is -1.97. The van der Waals surface area contributed by atoms with Crippen LogP contribution in [0.4, 0.5) is 0 Å². The topological polar surface area (TPSA) is 26.3 Å². The molecule has 0 saturated heterocycles. The van der Waals surface area contributed by atoms with Crippen LogP contribution in [0.15, 0.2) is 24.3 Å². The lowest BCUT2D eigenvalue weighted by Crippen LogP contribution is -2.00. The van der Waals surface area contributed by atoms with Crippen LogP contribution in [0.25, 0.3) is 0 Å². The van der Waals surface area contributed by atoms with E-state index in [4.69, 9.17) is 0 Å². The molecule has 0 amide bonds. The van der Waals surface area contributed by atoms with E-state index in [9.17, 15) is 4.79 Å². The van der Waals surface area contributed by atoms with Gasteiger partial charge in [0.05, 0.1) is 12.7 Å². The Hall–Kier alpha value is -1.31. The van der Waals surface area contributed by atoms with Crippen LogP contribution in [0, 0.1) is 6.92 Å². The Kier molecular flexibility index (Phi) is 5.60. The van der Waals surface area contributed by atoms with Gasteiger partial charge >= 0.3 is 5.97 Å². The van der Waals surface area contributed by atoms with Gasteiger partial charge in [0.15, 0.2) is 0 Å². The standard InChI is InChI=1S/C9H10O2.C2H6/c1-7-3-5-8(6-4-7)9(10)11-2;1-2/h3-6H,1-2H3;1-2H3. The Morgan fingerprint density at radius 3 is 2.00 bits per heavy atom. The highest BCUT2D eigenvalue weighted by atomic mass is 16.5. The molecule has 0 fully saturated rings. The van der Waals surface area contributed by atoms with E-state index in [1.165, 1.54) is 7.11 Å². The molecular formula is C11H16O2. The molecule has 13 heavy (non-hydrogen) atoms. The normalized spacial score (nSPS) is 8.31. The molecule has 2 nitrogen and oxygen atoms in total. The van der Waals surface area contributed by atoms with Gasteiger partial charge in [-0.25, -0.2) is 4.79 Å². The fraction of sp³-hybridized carbons (Fsp3) is 0.364. The zero-order valence-electron chi connectivity index (χ0n) is 8.63. The number of methoxy groups -OCH3 is 1. The van der Waals surface area contributed by atoms with E-state index in [0.29, 0.717) is 5.56 Å². The van der Waals surface area contributed by atoms with Crippen LogP contribution >= 0.6 is 0 Å². The Balaban J connectivity index is 0.000000671. The first-order chi connectivity index (χ1) is 6.24. The second-order valence-electron chi connectivity index (χ2n) is 2.36. The van der Waals surface area contributed by atoms with Gasteiger partial charge < -0.3 is 4.74 Å². The van der Waals surface area contributed by atoms with Crippen molar-refractivity contribution in [2.24, 2.45) is 0 Å². The minimum Gasteiger partial charge on any atom is -0.465 e. The van der Waals surface area contributed by atoms with Gasteiger partial charge in [0, 0.05) is 0 Å². The summed E-state index contributed by atoms with van der Waals surface area (Å²) in [5, 5.41) is 0. The summed E-state index contributed by atoms with van der Waals surface area (Å²) < 4.78 is 4.54. The van der Waals surface area contributed by atoms with Crippen molar-refractivity contribution < 1.29 is 9.53 Å². The first kappa shape index (κ1) is 11.7. The van der Waals surface area contributed by atoms with Crippen molar-refractivity contribution in [3.8, 4) is 0 Å². The highest BCUT2D eigenvalue weighted by molar-refractivity contribution is 5.89. The number of esters is 1. The van der Waals surface area contributed by atoms with E-state index in [1.807, 2.05) is 32.9 Å². The predicted octanol–water partition coefficient (Wildman–Crippen LogP) is 2.81. The molecule has 0 atom stereocenters. The molecule has 0 unspecified atom stereocenters. The highest BCUT2D eigenvalue weighted by Gasteiger charge is 2.01. The van der Waals surface area contributed by atoms with Crippen LogP contribution in [0.2, 0.25) is 0 Å². The van der Waals surface area contributed by atoms with E-state index in [-0.39, 0.29) is 5.97 Å². The first-order valence-corrected chi connectivity index (χ1v) is 4.39. The number of benzene rings is 1. The van der Waals surface area contributed by atoms with Gasteiger partial charge in [-0.1, -0.05) is 31.5 Å². The summed E-state index contributed by atoms with van der Waals surface area (Å²) in [7, 11) is 1.38. The van der Waals surface area contributed by atoms with Gasteiger partial charge in [-0.2, -0.15) is 0 Å². The Labute approximate surface area is 79.5 Å². The summed E-state index contributed by atoms with van der Waals surface area (Å²) in [6.45, 7) is 5.97. The SMILES string of the molecule is CC.COC(=O)c1ccc(C)cc1. The summed E-state index contributed by atoms with van der Waals surface area (Å²) in [5.41, 5.74) is 1.73. The Bertz CT molecular complexity index is 249. The van der Waals surface area contributed by atoms with Crippen molar-refractivity contribution in [2.75, 3.05) is 7.11 Å². The summed E-state index contributed by atoms with van der Waals surface area (Å²) in [4.78, 5) is 10.9. The maximum absolute atomic E-state index is 10.9. The van der Waals surface area contributed by atoms with E-state index in [0.717, 1.165) is 5.56 Å². The molecular weight excluding hydrogens is 164 g/mol. The number of hydrogen-bond acceptors (Lipinski definition) is 2. The third-order valence-corrected chi connectivity index (χ3v) is 1.47. The fourth-order valence-electron chi connectivity index (χ4n) is 0.807. The number of hydrogen-bond donors (Lipinski definition) is 0. The van der Waals surface area contributed by atoms with Crippen LogP contribution < -0.4 is 0 Å². The summed E-state index contributed by atoms with van der Waals surface area (Å²) >= 11 is 0. The van der Waals surface area contributed by atoms with Crippen molar-refractivity contribution in [1.82, 2.24) is 0 Å². The molecule has 0 N–H and O–H groups in total. The molecule has 0 aromatic heterocycles. The number of carbonyl (C=O) groups is 1. The predicted molar refractivity (Wildman–Crippen MR) is 53.9 cm³/mol. The van der Waals surface area contributed by atoms with E-state index >= 15 is 0 Å². The van der Waals surface area contributed by atoms with Crippen molar-refractivity contribution in [2.45, 2.75) is 20.8 Å². The van der Waals surface area contributed by atoms with Crippen molar-refractivity contribution in [1.29, 1.82) is 0 Å². The van der Waals surface area contributed by atoms with Crippen LogP contribution in [-0.4, -0.2) is 13.1 Å². The Morgan fingerprint density at radius 2 is 1.62 bits per heavy atom. The van der Waals surface area contributed by atoms with Crippen molar-refractivity contribution in [3.05, 3.63) is 35.4 Å². The molecule has 2 heteroatoms. The maximum atomic E-state index is 10.9. The number of carbonyl (C=O) groups excluding carboxylic acids is 1. The molecule has 0 aliphatic carbocycles. The van der Waals surface area contributed by atoms with Gasteiger partial charge in [0.1, 0.15) is 0 Å². The third kappa shape index (κ3) is 3.74. The van der Waals surface area contributed by atoms with Gasteiger partial charge in [-0.05, 0) is 19.1 Å². The minimum absolute atomic E-state index is 0.287. The lowest BCUT2D eigenvalue weighted by atomic mass is 10.2. The molecule has 0 saturated carbocycles. The molecule has 0 bridgehead atoms. The molecule has 1 aromatic rings. The number of ether oxygens (including phenoxy) is 1. The van der Waals surface area contributed by atoms with Crippen LogP contribution in [0.1, 0.15) is 29.8 Å². The van der Waals surface area contributed by atoms with Gasteiger partial charge in [-0.15, -0.1) is 0 Å². The van der Waals surface area contributed by atoms with Crippen molar-refractivity contribution >= 4 is 5.97 Å². The second kappa shape index (κ2) is 6.23. The molecule has 0 heterocycles. The van der Waals surface area contributed by atoms with E-state index in [1.54, 1.807) is 12.1 Å². The van der Waals surface area contributed by atoms with E-state index < -0.39 is 0 Å². The quantitative estimate of drug-likeness (QED) is 0.621. The summed E-state index contributed by atoms with van der Waals surface area (Å²) in [6, 6.07) is 7.26. The smallest absolute Gasteiger partial charge is 0.337 e. The molecule has 1 aromatic carbocycles. The molecule has 72 valence electrons. The van der Waals surface area contributed by atoms with Crippen molar-refractivity contribution in [3.63, 3.8) is 0 Å². The molecule has 0 aliphatic rings. The second-order valence-corrected chi connectivity index (χ2v) is 2.36. The monoisotopic (exact) mass is 180 g/mol. The number of rotatable bonds is 1. The minimum atomic E-state index is -0.287. The van der Waals surface area contributed by atoms with Gasteiger partial charge in [0.25, 0.3) is 0 Å². The van der Waals surface area contributed by atoms with Crippen LogP contribution in [0.3, 0.4) is 0 Å².